The number of benzene rings is 1. The van der Waals surface area contributed by atoms with Gasteiger partial charge in [-0.2, -0.15) is 0 Å². The molecular formula is C12H9NO3. The first-order valence-corrected chi connectivity index (χ1v) is 4.69. The summed E-state index contributed by atoms with van der Waals surface area (Å²) in [6.45, 7) is 0. The Morgan fingerprint density at radius 3 is 2.44 bits per heavy atom. The van der Waals surface area contributed by atoms with Crippen LogP contribution in [0.1, 0.15) is 11.1 Å². The lowest BCUT2D eigenvalue weighted by Gasteiger charge is -2.11. The summed E-state index contributed by atoms with van der Waals surface area (Å²) < 4.78 is 0. The zero-order valence-electron chi connectivity index (χ0n) is 8.31. The summed E-state index contributed by atoms with van der Waals surface area (Å²) in [6.07, 6.45) is 5.71. The molecule has 1 aliphatic rings. The van der Waals surface area contributed by atoms with Gasteiger partial charge in [-0.25, -0.2) is 4.79 Å². The van der Waals surface area contributed by atoms with Crippen LogP contribution in [-0.4, -0.2) is 17.0 Å². The molecular weight excluding hydrogens is 206 g/mol. The fourth-order valence-electron chi connectivity index (χ4n) is 1.36. The van der Waals surface area contributed by atoms with Gasteiger partial charge in [-0.15, -0.1) is 0 Å². The lowest BCUT2D eigenvalue weighted by molar-refractivity contribution is -0.131. The Kier molecular flexibility index (Phi) is 2.55. The van der Waals surface area contributed by atoms with Crippen LogP contribution in [0.3, 0.4) is 0 Å². The van der Waals surface area contributed by atoms with Gasteiger partial charge in [-0.1, -0.05) is 18.2 Å². The molecule has 1 amide bonds. The van der Waals surface area contributed by atoms with Crippen molar-refractivity contribution in [3.05, 3.63) is 41.5 Å². The van der Waals surface area contributed by atoms with Gasteiger partial charge in [0.25, 0.3) is 0 Å². The SMILES string of the molecule is O=C(O)C=CC(=O)Nc1ccc2c(c1)C=C2. The Morgan fingerprint density at radius 2 is 1.88 bits per heavy atom. The molecule has 0 aliphatic heterocycles. The highest BCUT2D eigenvalue weighted by molar-refractivity contribution is 6.02. The van der Waals surface area contributed by atoms with E-state index in [1.54, 1.807) is 6.07 Å². The van der Waals surface area contributed by atoms with Crippen LogP contribution in [0, 0.1) is 0 Å². The van der Waals surface area contributed by atoms with Crippen LogP contribution in [-0.2, 0) is 9.59 Å². The predicted molar refractivity (Wildman–Crippen MR) is 60.8 cm³/mol. The van der Waals surface area contributed by atoms with Crippen molar-refractivity contribution >= 4 is 29.7 Å². The third kappa shape index (κ3) is 2.17. The highest BCUT2D eigenvalue weighted by Crippen LogP contribution is 2.26. The van der Waals surface area contributed by atoms with Crippen molar-refractivity contribution in [1.29, 1.82) is 0 Å². The highest BCUT2D eigenvalue weighted by Gasteiger charge is 2.06. The lowest BCUT2D eigenvalue weighted by Crippen LogP contribution is -2.09. The van der Waals surface area contributed by atoms with Crippen molar-refractivity contribution in [2.24, 2.45) is 0 Å². The van der Waals surface area contributed by atoms with Gasteiger partial charge in [0.05, 0.1) is 0 Å². The van der Waals surface area contributed by atoms with Crippen LogP contribution in [0.2, 0.25) is 0 Å². The Bertz CT molecular complexity index is 515. The third-order valence-electron chi connectivity index (χ3n) is 2.17. The Morgan fingerprint density at radius 1 is 1.12 bits per heavy atom. The number of amides is 1. The molecule has 1 aromatic rings. The zero-order valence-corrected chi connectivity index (χ0v) is 8.31. The minimum Gasteiger partial charge on any atom is -0.478 e. The maximum atomic E-state index is 11.3. The molecule has 4 heteroatoms. The first-order valence-electron chi connectivity index (χ1n) is 4.69. The molecule has 0 radical (unpaired) electrons. The van der Waals surface area contributed by atoms with Gasteiger partial charge in [0, 0.05) is 17.8 Å². The van der Waals surface area contributed by atoms with Crippen LogP contribution in [0.5, 0.6) is 0 Å². The molecule has 0 heterocycles. The molecule has 0 atom stereocenters. The Labute approximate surface area is 91.9 Å². The number of hydrogen-bond acceptors (Lipinski definition) is 2. The molecule has 0 saturated carbocycles. The highest BCUT2D eigenvalue weighted by atomic mass is 16.4. The van der Waals surface area contributed by atoms with Crippen molar-refractivity contribution < 1.29 is 14.7 Å². The van der Waals surface area contributed by atoms with Crippen LogP contribution in [0.15, 0.2) is 30.4 Å². The number of carbonyl (C=O) groups is 2. The Hall–Kier alpha value is -2.36. The van der Waals surface area contributed by atoms with Gasteiger partial charge in [-0.3, -0.25) is 4.79 Å². The molecule has 2 N–H and O–H groups in total. The predicted octanol–water partition coefficient (Wildman–Crippen LogP) is 1.75. The third-order valence-corrected chi connectivity index (χ3v) is 2.17. The van der Waals surface area contributed by atoms with Gasteiger partial charge in [-0.05, 0) is 23.3 Å². The number of fused-ring (bicyclic) bond motifs is 1. The van der Waals surface area contributed by atoms with Gasteiger partial charge < -0.3 is 10.4 Å². The van der Waals surface area contributed by atoms with E-state index >= 15 is 0 Å². The van der Waals surface area contributed by atoms with Gasteiger partial charge >= 0.3 is 5.97 Å². The lowest BCUT2D eigenvalue weighted by atomic mass is 9.97. The average Bonchev–Trinajstić information content (AvgIpc) is 2.19. The summed E-state index contributed by atoms with van der Waals surface area (Å²) in [5, 5.41) is 10.9. The molecule has 0 bridgehead atoms. The number of nitrogens with one attached hydrogen (secondary N) is 1. The van der Waals surface area contributed by atoms with Crippen LogP contribution >= 0.6 is 0 Å². The summed E-state index contributed by atoms with van der Waals surface area (Å²) >= 11 is 0. The van der Waals surface area contributed by atoms with E-state index in [1.165, 1.54) is 0 Å². The molecule has 16 heavy (non-hydrogen) atoms. The number of carbonyl (C=O) groups excluding carboxylic acids is 1. The minimum absolute atomic E-state index is 0.453. The average molecular weight is 215 g/mol. The van der Waals surface area contributed by atoms with E-state index in [-0.39, 0.29) is 0 Å². The Balaban J connectivity index is 2.02. The standard InChI is InChI=1S/C12H9NO3/c14-11(5-6-12(15)16)13-10-4-3-8-1-2-9(8)7-10/h1-7H,(H,13,14)(H,15,16). The molecule has 0 aromatic heterocycles. The summed E-state index contributed by atoms with van der Waals surface area (Å²) in [4.78, 5) is 21.4. The topological polar surface area (TPSA) is 66.4 Å². The van der Waals surface area contributed by atoms with E-state index in [4.69, 9.17) is 5.11 Å². The van der Waals surface area contributed by atoms with E-state index in [0.29, 0.717) is 5.69 Å². The number of anilines is 1. The van der Waals surface area contributed by atoms with Crippen molar-refractivity contribution in [2.75, 3.05) is 5.32 Å². The quantitative estimate of drug-likeness (QED) is 0.766. The summed E-state index contributed by atoms with van der Waals surface area (Å²) in [6, 6.07) is 5.50. The zero-order chi connectivity index (χ0) is 11.5. The summed E-state index contributed by atoms with van der Waals surface area (Å²) in [7, 11) is 0. The normalized spacial score (nSPS) is 12.0. The van der Waals surface area contributed by atoms with Crippen molar-refractivity contribution in [3.63, 3.8) is 0 Å². The van der Waals surface area contributed by atoms with Crippen molar-refractivity contribution in [1.82, 2.24) is 0 Å². The van der Waals surface area contributed by atoms with E-state index in [9.17, 15) is 9.59 Å². The number of rotatable bonds is 3. The fraction of sp³-hybridized carbons (Fsp3) is 0. The molecule has 0 saturated heterocycles. The van der Waals surface area contributed by atoms with E-state index in [1.807, 2.05) is 24.3 Å². The largest absolute Gasteiger partial charge is 0.478 e. The molecule has 0 fully saturated rings. The number of carboxylic acid groups (broad SMARTS) is 1. The molecule has 80 valence electrons. The second-order valence-electron chi connectivity index (χ2n) is 3.34. The van der Waals surface area contributed by atoms with E-state index in [0.717, 1.165) is 23.3 Å². The van der Waals surface area contributed by atoms with E-state index in [2.05, 4.69) is 5.32 Å². The smallest absolute Gasteiger partial charge is 0.328 e. The first-order chi connectivity index (χ1) is 7.65. The molecule has 1 aliphatic carbocycles. The molecule has 4 nitrogen and oxygen atoms in total. The number of aliphatic carboxylic acids is 1. The molecule has 2 rings (SSSR count). The van der Waals surface area contributed by atoms with Gasteiger partial charge in [0.2, 0.25) is 5.91 Å². The molecule has 0 spiro atoms. The van der Waals surface area contributed by atoms with Crippen molar-refractivity contribution in [3.8, 4) is 0 Å². The van der Waals surface area contributed by atoms with Gasteiger partial charge in [0.15, 0.2) is 0 Å². The minimum atomic E-state index is -1.14. The van der Waals surface area contributed by atoms with E-state index < -0.39 is 11.9 Å². The fourth-order valence-corrected chi connectivity index (χ4v) is 1.36. The second kappa shape index (κ2) is 4.02. The monoisotopic (exact) mass is 215 g/mol. The number of hydrogen-bond donors (Lipinski definition) is 2. The van der Waals surface area contributed by atoms with Crippen molar-refractivity contribution in [2.45, 2.75) is 0 Å². The summed E-state index contributed by atoms with van der Waals surface area (Å²) in [5.41, 5.74) is 2.86. The van der Waals surface area contributed by atoms with Gasteiger partial charge in [0.1, 0.15) is 0 Å². The van der Waals surface area contributed by atoms with Crippen LogP contribution in [0.4, 0.5) is 5.69 Å². The first kappa shape index (κ1) is 10.2. The molecule has 1 aromatic carbocycles. The maximum absolute atomic E-state index is 11.3. The van der Waals surface area contributed by atoms with Crippen LogP contribution < -0.4 is 5.32 Å². The maximum Gasteiger partial charge on any atom is 0.328 e. The second-order valence-corrected chi connectivity index (χ2v) is 3.34. The van der Waals surface area contributed by atoms with Crippen LogP contribution in [0.25, 0.3) is 12.2 Å². The molecule has 0 unspecified atom stereocenters. The summed E-state index contributed by atoms with van der Waals surface area (Å²) in [5.74, 6) is -1.60. The number of carboxylic acids is 1.